The van der Waals surface area contributed by atoms with Gasteiger partial charge >= 0.3 is 6.09 Å². The molecule has 178 valence electrons. The van der Waals surface area contributed by atoms with Gasteiger partial charge in [-0.15, -0.1) is 0 Å². The first-order valence-corrected chi connectivity index (χ1v) is 12.0. The molecule has 0 aromatic heterocycles. The molecule has 0 fully saturated rings. The normalized spacial score (nSPS) is 12.6. The van der Waals surface area contributed by atoms with Gasteiger partial charge in [0.15, 0.2) is 0 Å². The molecule has 1 aliphatic carbocycles. The Labute approximate surface area is 210 Å². The third-order valence-electron chi connectivity index (χ3n) is 6.40. The summed E-state index contributed by atoms with van der Waals surface area (Å²) in [6.45, 7) is 0.704. The second-order valence-electron chi connectivity index (χ2n) is 8.77. The van der Waals surface area contributed by atoms with Crippen LogP contribution in [0.3, 0.4) is 0 Å². The van der Waals surface area contributed by atoms with Crippen molar-refractivity contribution < 1.29 is 14.3 Å². The summed E-state index contributed by atoms with van der Waals surface area (Å²) >= 11 is 0. The SMILES string of the molecule is N#CC(Cc1ccc(OCc2ccccc2)cc1)NC(=O)OCC1c2ccccc2-c2ccccc21. The van der Waals surface area contributed by atoms with Crippen LogP contribution in [0.1, 0.15) is 28.2 Å². The Kier molecular flexibility index (Phi) is 6.95. The van der Waals surface area contributed by atoms with Crippen LogP contribution in [0.5, 0.6) is 5.75 Å². The van der Waals surface area contributed by atoms with Crippen molar-refractivity contribution in [3.63, 3.8) is 0 Å². The highest BCUT2D eigenvalue weighted by molar-refractivity contribution is 5.79. The summed E-state index contributed by atoms with van der Waals surface area (Å²) in [7, 11) is 0. The van der Waals surface area contributed by atoms with E-state index in [1.54, 1.807) is 0 Å². The Hall–Kier alpha value is -4.56. The lowest BCUT2D eigenvalue weighted by Crippen LogP contribution is -2.36. The summed E-state index contributed by atoms with van der Waals surface area (Å²) in [5.74, 6) is 0.729. The molecule has 4 aromatic rings. The largest absolute Gasteiger partial charge is 0.489 e. The fraction of sp³-hybridized carbons (Fsp3) is 0.161. The first-order valence-electron chi connectivity index (χ1n) is 12.0. The van der Waals surface area contributed by atoms with Crippen LogP contribution in [0, 0.1) is 11.3 Å². The Morgan fingerprint density at radius 1 is 0.806 bits per heavy atom. The number of carbonyl (C=O) groups is 1. The molecular weight excluding hydrogens is 448 g/mol. The van der Waals surface area contributed by atoms with Crippen LogP contribution < -0.4 is 10.1 Å². The molecule has 0 saturated carbocycles. The van der Waals surface area contributed by atoms with Gasteiger partial charge in [0.2, 0.25) is 0 Å². The molecule has 1 N–H and O–H groups in total. The number of fused-ring (bicyclic) bond motifs is 3. The van der Waals surface area contributed by atoms with Crippen molar-refractivity contribution >= 4 is 6.09 Å². The second-order valence-corrected chi connectivity index (χ2v) is 8.77. The number of alkyl carbamates (subject to hydrolysis) is 1. The van der Waals surface area contributed by atoms with E-state index in [1.165, 1.54) is 11.1 Å². The number of amides is 1. The maximum atomic E-state index is 12.6. The molecule has 5 nitrogen and oxygen atoms in total. The minimum absolute atomic E-state index is 0.0212. The van der Waals surface area contributed by atoms with Gasteiger partial charge in [-0.3, -0.25) is 0 Å². The minimum Gasteiger partial charge on any atom is -0.489 e. The van der Waals surface area contributed by atoms with E-state index in [0.29, 0.717) is 13.0 Å². The molecule has 1 atom stereocenters. The zero-order valence-corrected chi connectivity index (χ0v) is 19.8. The van der Waals surface area contributed by atoms with E-state index in [2.05, 4.69) is 35.7 Å². The number of nitrogens with one attached hydrogen (secondary N) is 1. The molecule has 0 heterocycles. The molecule has 0 aliphatic heterocycles. The predicted octanol–water partition coefficient (Wildman–Crippen LogP) is 6.24. The van der Waals surface area contributed by atoms with E-state index in [-0.39, 0.29) is 12.5 Å². The summed E-state index contributed by atoms with van der Waals surface area (Å²) in [6.07, 6.45) is -0.217. The molecule has 4 aromatic carbocycles. The van der Waals surface area contributed by atoms with Gasteiger partial charge in [0, 0.05) is 12.3 Å². The average molecular weight is 475 g/mol. The maximum Gasteiger partial charge on any atom is 0.408 e. The van der Waals surface area contributed by atoms with Crippen molar-refractivity contribution in [3.8, 4) is 22.9 Å². The van der Waals surface area contributed by atoms with Gasteiger partial charge < -0.3 is 14.8 Å². The summed E-state index contributed by atoms with van der Waals surface area (Å²) < 4.78 is 11.4. The number of ether oxygens (including phenoxy) is 2. The lowest BCUT2D eigenvalue weighted by atomic mass is 9.98. The number of hydrogen-bond donors (Lipinski definition) is 1. The first-order chi connectivity index (χ1) is 17.7. The van der Waals surface area contributed by atoms with Gasteiger partial charge in [0.05, 0.1) is 6.07 Å². The van der Waals surface area contributed by atoms with Crippen molar-refractivity contribution in [1.29, 1.82) is 5.26 Å². The highest BCUT2D eigenvalue weighted by Gasteiger charge is 2.29. The van der Waals surface area contributed by atoms with Crippen molar-refractivity contribution in [2.75, 3.05) is 6.61 Å². The number of hydrogen-bond acceptors (Lipinski definition) is 4. The third-order valence-corrected chi connectivity index (χ3v) is 6.40. The summed E-state index contributed by atoms with van der Waals surface area (Å²) in [5, 5.41) is 12.3. The van der Waals surface area contributed by atoms with Gasteiger partial charge in [0.1, 0.15) is 25.0 Å². The van der Waals surface area contributed by atoms with E-state index in [1.807, 2.05) is 78.9 Å². The third kappa shape index (κ3) is 5.24. The summed E-state index contributed by atoms with van der Waals surface area (Å²) in [4.78, 5) is 12.6. The van der Waals surface area contributed by atoms with Crippen molar-refractivity contribution in [2.24, 2.45) is 0 Å². The molecule has 0 radical (unpaired) electrons. The van der Waals surface area contributed by atoms with Crippen LogP contribution in [0.2, 0.25) is 0 Å². The highest BCUT2D eigenvalue weighted by Crippen LogP contribution is 2.44. The van der Waals surface area contributed by atoms with E-state index in [9.17, 15) is 10.1 Å². The molecule has 1 aliphatic rings. The van der Waals surface area contributed by atoms with Crippen molar-refractivity contribution in [2.45, 2.75) is 25.0 Å². The Balaban J connectivity index is 1.14. The second kappa shape index (κ2) is 10.8. The number of rotatable bonds is 8. The van der Waals surface area contributed by atoms with Gasteiger partial charge in [-0.25, -0.2) is 4.79 Å². The molecule has 1 amide bonds. The van der Waals surface area contributed by atoms with Crippen molar-refractivity contribution in [3.05, 3.63) is 125 Å². The Bertz CT molecular complexity index is 1330. The van der Waals surface area contributed by atoms with Crippen LogP contribution in [0.25, 0.3) is 11.1 Å². The minimum atomic E-state index is -0.697. The maximum absolute atomic E-state index is 12.6. The number of benzene rings is 4. The number of nitriles is 1. The zero-order chi connectivity index (χ0) is 24.7. The van der Waals surface area contributed by atoms with Crippen LogP contribution in [-0.2, 0) is 17.8 Å². The van der Waals surface area contributed by atoms with E-state index in [4.69, 9.17) is 9.47 Å². The van der Waals surface area contributed by atoms with Crippen LogP contribution in [-0.4, -0.2) is 18.7 Å². The van der Waals surface area contributed by atoms with Crippen LogP contribution >= 0.6 is 0 Å². The lowest BCUT2D eigenvalue weighted by molar-refractivity contribution is 0.141. The molecule has 36 heavy (non-hydrogen) atoms. The molecule has 0 bridgehead atoms. The molecule has 5 rings (SSSR count). The first kappa shape index (κ1) is 23.2. The van der Waals surface area contributed by atoms with Gasteiger partial charge in [-0.05, 0) is 45.5 Å². The standard InChI is InChI=1S/C31H26N2O3/c32-19-24(18-22-14-16-25(17-15-22)35-20-23-8-2-1-3-9-23)33-31(34)36-21-30-28-12-6-4-10-26(28)27-11-5-7-13-29(27)30/h1-17,24,30H,18,20-21H2,(H,33,34). The molecule has 5 heteroatoms. The molecule has 1 unspecified atom stereocenters. The fourth-order valence-electron chi connectivity index (χ4n) is 4.61. The quantitative estimate of drug-likeness (QED) is 0.328. The number of nitrogens with zero attached hydrogens (tertiary/aromatic N) is 1. The Morgan fingerprint density at radius 2 is 1.42 bits per heavy atom. The van der Waals surface area contributed by atoms with E-state index < -0.39 is 12.1 Å². The van der Waals surface area contributed by atoms with Gasteiger partial charge in [-0.2, -0.15) is 5.26 Å². The van der Waals surface area contributed by atoms with Crippen LogP contribution in [0.15, 0.2) is 103 Å². The van der Waals surface area contributed by atoms with E-state index >= 15 is 0 Å². The Morgan fingerprint density at radius 3 is 2.06 bits per heavy atom. The van der Waals surface area contributed by atoms with Crippen molar-refractivity contribution in [1.82, 2.24) is 5.32 Å². The highest BCUT2D eigenvalue weighted by atomic mass is 16.5. The monoisotopic (exact) mass is 474 g/mol. The smallest absolute Gasteiger partial charge is 0.408 e. The van der Waals surface area contributed by atoms with E-state index in [0.717, 1.165) is 28.0 Å². The molecule has 0 saturated heterocycles. The zero-order valence-electron chi connectivity index (χ0n) is 19.8. The summed E-state index contributed by atoms with van der Waals surface area (Å²) in [6, 6.07) is 35.4. The lowest BCUT2D eigenvalue weighted by Gasteiger charge is -2.16. The van der Waals surface area contributed by atoms with Gasteiger partial charge in [-0.1, -0.05) is 91.0 Å². The summed E-state index contributed by atoms with van der Waals surface area (Å²) in [5.41, 5.74) is 6.67. The topological polar surface area (TPSA) is 71.3 Å². The number of carbonyl (C=O) groups excluding carboxylic acids is 1. The average Bonchev–Trinajstić information content (AvgIpc) is 3.25. The fourth-order valence-corrected chi connectivity index (χ4v) is 4.61. The molecule has 0 spiro atoms. The predicted molar refractivity (Wildman–Crippen MR) is 139 cm³/mol. The molecular formula is C31H26N2O3. The van der Waals surface area contributed by atoms with Crippen LogP contribution in [0.4, 0.5) is 4.79 Å². The van der Waals surface area contributed by atoms with Gasteiger partial charge in [0.25, 0.3) is 0 Å².